The number of aromatic nitrogens is 4. The first-order valence-electron chi connectivity index (χ1n) is 13.8. The molecule has 0 radical (unpaired) electrons. The van der Waals surface area contributed by atoms with Crippen molar-refractivity contribution in [3.63, 3.8) is 0 Å². The number of fused-ring (bicyclic) bond motifs is 2. The van der Waals surface area contributed by atoms with E-state index >= 15 is 0 Å². The molecule has 0 aliphatic carbocycles. The fourth-order valence-corrected chi connectivity index (χ4v) is 6.11. The summed E-state index contributed by atoms with van der Waals surface area (Å²) in [5.41, 5.74) is 3.28. The van der Waals surface area contributed by atoms with Gasteiger partial charge in [0.1, 0.15) is 11.6 Å². The van der Waals surface area contributed by atoms with E-state index in [9.17, 15) is 9.59 Å². The van der Waals surface area contributed by atoms with E-state index in [0.717, 1.165) is 22.0 Å². The molecule has 1 fully saturated rings. The monoisotopic (exact) mass is 608 g/mol. The van der Waals surface area contributed by atoms with Crippen LogP contribution in [0.15, 0.2) is 101 Å². The Hall–Kier alpha value is -4.66. The number of nitrogens with zero attached hydrogens (tertiary/aromatic N) is 6. The van der Waals surface area contributed by atoms with Gasteiger partial charge in [-0.2, -0.15) is 9.97 Å². The molecule has 0 amide bonds. The highest BCUT2D eigenvalue weighted by Gasteiger charge is 2.31. The summed E-state index contributed by atoms with van der Waals surface area (Å²) in [5.74, 6) is 1.49. The fraction of sp³-hybridized carbons (Fsp3) is 0.152. The zero-order valence-corrected chi connectivity index (χ0v) is 24.9. The second-order valence-electron chi connectivity index (χ2n) is 10.9. The number of halogens is 2. The largest absolute Gasteiger partial charge is 0.362 e. The van der Waals surface area contributed by atoms with E-state index < -0.39 is 0 Å². The van der Waals surface area contributed by atoms with Crippen molar-refractivity contribution in [1.82, 2.24) is 19.1 Å². The lowest BCUT2D eigenvalue weighted by Crippen LogP contribution is -2.46. The van der Waals surface area contributed by atoms with Crippen LogP contribution in [-0.2, 0) is 0 Å². The molecule has 1 aliphatic heterocycles. The van der Waals surface area contributed by atoms with Crippen LogP contribution >= 0.6 is 23.2 Å². The molecule has 214 valence electrons. The summed E-state index contributed by atoms with van der Waals surface area (Å²) in [6.45, 7) is 1.41. The van der Waals surface area contributed by atoms with Crippen LogP contribution < -0.4 is 21.2 Å². The van der Waals surface area contributed by atoms with Crippen molar-refractivity contribution in [3.8, 4) is 11.4 Å². The molecule has 7 rings (SSSR count). The summed E-state index contributed by atoms with van der Waals surface area (Å²) in [6.07, 6.45) is 0. The highest BCUT2D eigenvalue weighted by atomic mass is 35.5. The second-order valence-corrected chi connectivity index (χ2v) is 11.7. The van der Waals surface area contributed by atoms with Crippen molar-refractivity contribution in [2.24, 2.45) is 0 Å². The van der Waals surface area contributed by atoms with E-state index in [1.807, 2.05) is 97.9 Å². The standard InChI is InChI=1S/C33H26Cl2N6O2/c1-38(2)30-26-14-10-22(34)16-28(26)41(32(42)36-30)25-12-8-20(9-13-25)21-18-39(19-21)31-27-15-11-23(35)17-29(27)40(33(43)37-31)24-6-4-3-5-7-24/h3-17,21H,18-19H2,1-2H3. The Balaban J connectivity index is 1.19. The second kappa shape index (κ2) is 10.6. The molecular formula is C33H26Cl2N6O2. The molecule has 0 bridgehead atoms. The maximum absolute atomic E-state index is 13.3. The molecule has 8 nitrogen and oxygen atoms in total. The number of benzene rings is 4. The Labute approximate surface area is 257 Å². The van der Waals surface area contributed by atoms with Crippen molar-refractivity contribution in [3.05, 3.63) is 128 Å². The zero-order chi connectivity index (χ0) is 29.8. The van der Waals surface area contributed by atoms with Gasteiger partial charge in [-0.1, -0.05) is 53.5 Å². The minimum atomic E-state index is -0.371. The van der Waals surface area contributed by atoms with Crippen LogP contribution in [0.2, 0.25) is 10.0 Å². The normalized spacial score (nSPS) is 13.4. The van der Waals surface area contributed by atoms with Gasteiger partial charge in [0.05, 0.1) is 22.4 Å². The lowest BCUT2D eigenvalue weighted by molar-refractivity contribution is 0.520. The Morgan fingerprint density at radius 3 is 1.88 bits per heavy atom. The average Bonchev–Trinajstić information content (AvgIpc) is 2.96. The van der Waals surface area contributed by atoms with Crippen molar-refractivity contribution >= 4 is 56.6 Å². The molecule has 4 aromatic carbocycles. The van der Waals surface area contributed by atoms with E-state index in [0.29, 0.717) is 51.5 Å². The van der Waals surface area contributed by atoms with Crippen LogP contribution in [0.25, 0.3) is 33.2 Å². The molecule has 3 heterocycles. The molecule has 43 heavy (non-hydrogen) atoms. The first-order chi connectivity index (χ1) is 20.8. The lowest BCUT2D eigenvalue weighted by Gasteiger charge is -2.41. The van der Waals surface area contributed by atoms with Gasteiger partial charge in [-0.25, -0.2) is 9.59 Å². The fourth-order valence-electron chi connectivity index (χ4n) is 5.78. The van der Waals surface area contributed by atoms with E-state index in [2.05, 4.69) is 14.9 Å². The summed E-state index contributed by atoms with van der Waals surface area (Å²) in [5, 5.41) is 2.79. The molecule has 1 aliphatic rings. The first-order valence-corrected chi connectivity index (χ1v) is 14.6. The predicted octanol–water partition coefficient (Wildman–Crippen LogP) is 6.06. The Morgan fingerprint density at radius 2 is 1.26 bits per heavy atom. The van der Waals surface area contributed by atoms with Crippen molar-refractivity contribution in [2.45, 2.75) is 5.92 Å². The van der Waals surface area contributed by atoms with Gasteiger partial charge in [0.25, 0.3) is 0 Å². The first kappa shape index (κ1) is 27.2. The third-order valence-corrected chi connectivity index (χ3v) is 8.38. The molecule has 2 aromatic heterocycles. The molecule has 10 heteroatoms. The molecule has 0 spiro atoms. The van der Waals surface area contributed by atoms with E-state index in [1.165, 1.54) is 0 Å². The zero-order valence-electron chi connectivity index (χ0n) is 23.4. The number of hydrogen-bond donors (Lipinski definition) is 0. The molecule has 0 N–H and O–H groups in total. The summed E-state index contributed by atoms with van der Waals surface area (Å²) in [6, 6.07) is 28.4. The van der Waals surface area contributed by atoms with E-state index in [-0.39, 0.29) is 17.3 Å². The van der Waals surface area contributed by atoms with Crippen LogP contribution in [0.3, 0.4) is 0 Å². The third-order valence-electron chi connectivity index (χ3n) is 7.91. The van der Waals surface area contributed by atoms with E-state index in [1.54, 1.807) is 21.3 Å². The Morgan fingerprint density at radius 1 is 0.698 bits per heavy atom. The maximum Gasteiger partial charge on any atom is 0.354 e. The number of rotatable bonds is 5. The quantitative estimate of drug-likeness (QED) is 0.237. The van der Waals surface area contributed by atoms with Crippen LogP contribution in [0, 0.1) is 0 Å². The smallest absolute Gasteiger partial charge is 0.354 e. The minimum Gasteiger partial charge on any atom is -0.362 e. The number of para-hydroxylation sites is 1. The van der Waals surface area contributed by atoms with Gasteiger partial charge < -0.3 is 9.80 Å². The highest BCUT2D eigenvalue weighted by molar-refractivity contribution is 6.31. The summed E-state index contributed by atoms with van der Waals surface area (Å²) >= 11 is 12.7. The lowest BCUT2D eigenvalue weighted by atomic mass is 9.91. The van der Waals surface area contributed by atoms with Crippen molar-refractivity contribution < 1.29 is 0 Å². The van der Waals surface area contributed by atoms with Gasteiger partial charge in [-0.15, -0.1) is 0 Å². The van der Waals surface area contributed by atoms with Crippen LogP contribution in [0.5, 0.6) is 0 Å². The Kier molecular flexibility index (Phi) is 6.68. The van der Waals surface area contributed by atoms with Crippen LogP contribution in [0.4, 0.5) is 11.6 Å². The van der Waals surface area contributed by atoms with Crippen molar-refractivity contribution in [1.29, 1.82) is 0 Å². The number of hydrogen-bond acceptors (Lipinski definition) is 6. The average molecular weight is 610 g/mol. The van der Waals surface area contributed by atoms with Crippen LogP contribution in [0.1, 0.15) is 11.5 Å². The molecule has 0 atom stereocenters. The molecular weight excluding hydrogens is 583 g/mol. The van der Waals surface area contributed by atoms with Gasteiger partial charge in [0.2, 0.25) is 0 Å². The summed E-state index contributed by atoms with van der Waals surface area (Å²) < 4.78 is 3.19. The summed E-state index contributed by atoms with van der Waals surface area (Å²) in [7, 11) is 3.72. The SMILES string of the molecule is CN(C)c1nc(=O)n(-c2ccc(C3CN(c4nc(=O)n(-c5ccccc5)c5cc(Cl)ccc45)C3)cc2)c2cc(Cl)ccc12. The molecule has 1 saturated heterocycles. The third kappa shape index (κ3) is 4.73. The minimum absolute atomic E-state index is 0.243. The van der Waals surface area contributed by atoms with Gasteiger partial charge >= 0.3 is 11.4 Å². The highest BCUT2D eigenvalue weighted by Crippen LogP contribution is 2.35. The maximum atomic E-state index is 13.3. The summed E-state index contributed by atoms with van der Waals surface area (Å²) in [4.78, 5) is 39.2. The predicted molar refractivity (Wildman–Crippen MR) is 174 cm³/mol. The topological polar surface area (TPSA) is 76.3 Å². The number of anilines is 2. The van der Waals surface area contributed by atoms with Crippen LogP contribution in [-0.4, -0.2) is 46.3 Å². The van der Waals surface area contributed by atoms with Gasteiger partial charge in [-0.3, -0.25) is 9.13 Å². The van der Waals surface area contributed by atoms with Crippen molar-refractivity contribution in [2.75, 3.05) is 37.0 Å². The Bertz CT molecular complexity index is 2140. The van der Waals surface area contributed by atoms with Gasteiger partial charge in [0, 0.05) is 53.9 Å². The molecule has 6 aromatic rings. The molecule has 0 saturated carbocycles. The van der Waals surface area contributed by atoms with Gasteiger partial charge in [-0.05, 0) is 66.2 Å². The van der Waals surface area contributed by atoms with E-state index in [4.69, 9.17) is 23.2 Å². The molecule has 0 unspecified atom stereocenters. The van der Waals surface area contributed by atoms with Gasteiger partial charge in [0.15, 0.2) is 0 Å².